The molecule has 1 saturated carbocycles. The van der Waals surface area contributed by atoms with E-state index in [2.05, 4.69) is 5.10 Å². The molecule has 0 aromatic heterocycles. The van der Waals surface area contributed by atoms with Crippen LogP contribution in [0.25, 0.3) is 0 Å². The van der Waals surface area contributed by atoms with Crippen molar-refractivity contribution in [2.45, 2.75) is 51.5 Å². The molecule has 1 unspecified atom stereocenters. The molecule has 1 N–H and O–H groups in total. The van der Waals surface area contributed by atoms with E-state index in [0.29, 0.717) is 5.71 Å². The number of carbonyl (C=O) groups is 2. The number of hydrogen-bond donors (Lipinski definition) is 1. The lowest BCUT2D eigenvalue weighted by molar-refractivity contribution is -0.142. The molecule has 0 bridgehead atoms. The molecule has 0 saturated heterocycles. The van der Waals surface area contributed by atoms with Crippen LogP contribution in [0, 0.1) is 5.92 Å². The zero-order valence-electron chi connectivity index (χ0n) is 10.1. The minimum Gasteiger partial charge on any atom is -0.481 e. The molecule has 1 fully saturated rings. The van der Waals surface area contributed by atoms with Crippen LogP contribution in [0.2, 0.25) is 0 Å². The molecule has 0 radical (unpaired) electrons. The highest BCUT2D eigenvalue weighted by Crippen LogP contribution is 2.28. The van der Waals surface area contributed by atoms with E-state index in [0.717, 1.165) is 25.7 Å². The zero-order chi connectivity index (χ0) is 12.4. The largest absolute Gasteiger partial charge is 0.481 e. The highest BCUT2D eigenvalue weighted by Gasteiger charge is 2.38. The Labute approximate surface area is 100 Å². The Hall–Kier alpha value is -1.39. The molecule has 5 heteroatoms. The number of nitrogens with zero attached hydrogens (tertiary/aromatic N) is 2. The van der Waals surface area contributed by atoms with Gasteiger partial charge in [0.05, 0.1) is 18.4 Å². The number of carbonyl (C=O) groups excluding carboxylic acids is 1. The van der Waals surface area contributed by atoms with Crippen LogP contribution in [0.5, 0.6) is 0 Å². The summed E-state index contributed by atoms with van der Waals surface area (Å²) >= 11 is 0. The van der Waals surface area contributed by atoms with Gasteiger partial charge in [-0.25, -0.2) is 5.01 Å². The summed E-state index contributed by atoms with van der Waals surface area (Å²) in [5.74, 6) is -1.62. The van der Waals surface area contributed by atoms with E-state index < -0.39 is 11.9 Å². The first-order valence-electron chi connectivity index (χ1n) is 6.19. The predicted molar refractivity (Wildman–Crippen MR) is 62.6 cm³/mol. The Kier molecular flexibility index (Phi) is 3.45. The Morgan fingerprint density at radius 2 is 2.06 bits per heavy atom. The maximum Gasteiger partial charge on any atom is 0.304 e. The maximum absolute atomic E-state index is 12.1. The molecule has 1 amide bonds. The van der Waals surface area contributed by atoms with Crippen molar-refractivity contribution < 1.29 is 14.7 Å². The average molecular weight is 238 g/mol. The van der Waals surface area contributed by atoms with Crippen molar-refractivity contribution in [3.8, 4) is 0 Å². The molecule has 17 heavy (non-hydrogen) atoms. The molecule has 0 aromatic carbocycles. The molecule has 2 rings (SSSR count). The molecule has 1 atom stereocenters. The second-order valence-corrected chi connectivity index (χ2v) is 4.87. The van der Waals surface area contributed by atoms with Crippen molar-refractivity contribution in [2.24, 2.45) is 11.0 Å². The van der Waals surface area contributed by atoms with Gasteiger partial charge >= 0.3 is 5.97 Å². The van der Waals surface area contributed by atoms with Gasteiger partial charge < -0.3 is 5.11 Å². The molecule has 1 heterocycles. The normalized spacial score (nSPS) is 26.2. The maximum atomic E-state index is 12.1. The number of hydrazone groups is 1. The number of aliphatic carboxylic acids is 1. The van der Waals surface area contributed by atoms with Crippen molar-refractivity contribution in [1.29, 1.82) is 0 Å². The molecular weight excluding hydrogens is 220 g/mol. The van der Waals surface area contributed by atoms with Gasteiger partial charge in [-0.3, -0.25) is 9.59 Å². The quantitative estimate of drug-likeness (QED) is 0.812. The summed E-state index contributed by atoms with van der Waals surface area (Å²) in [7, 11) is 0. The van der Waals surface area contributed by atoms with Crippen LogP contribution in [0.4, 0.5) is 0 Å². The molecule has 0 spiro atoms. The SMILES string of the molecule is CC1=NN(C2CCCCC2)C(=O)C1CC(=O)O. The molecule has 1 aliphatic carbocycles. The molecular formula is C12H18N2O3. The van der Waals surface area contributed by atoms with Gasteiger partial charge in [0, 0.05) is 5.71 Å². The summed E-state index contributed by atoms with van der Waals surface area (Å²) < 4.78 is 0. The van der Waals surface area contributed by atoms with Gasteiger partial charge in [0.1, 0.15) is 0 Å². The third-order valence-electron chi connectivity index (χ3n) is 3.59. The fraction of sp³-hybridized carbons (Fsp3) is 0.750. The van der Waals surface area contributed by atoms with Crippen molar-refractivity contribution in [3.05, 3.63) is 0 Å². The van der Waals surface area contributed by atoms with E-state index in [-0.39, 0.29) is 18.4 Å². The minimum atomic E-state index is -0.941. The fourth-order valence-electron chi connectivity index (χ4n) is 2.62. The second-order valence-electron chi connectivity index (χ2n) is 4.87. The smallest absolute Gasteiger partial charge is 0.304 e. The van der Waals surface area contributed by atoms with Crippen LogP contribution < -0.4 is 0 Å². The lowest BCUT2D eigenvalue weighted by Gasteiger charge is -2.28. The van der Waals surface area contributed by atoms with Crippen LogP contribution in [0.3, 0.4) is 0 Å². The highest BCUT2D eigenvalue weighted by atomic mass is 16.4. The number of rotatable bonds is 3. The van der Waals surface area contributed by atoms with Gasteiger partial charge in [-0.1, -0.05) is 19.3 Å². The summed E-state index contributed by atoms with van der Waals surface area (Å²) in [6.45, 7) is 1.74. The van der Waals surface area contributed by atoms with Crippen LogP contribution in [0.15, 0.2) is 5.10 Å². The summed E-state index contributed by atoms with van der Waals surface area (Å²) in [4.78, 5) is 22.8. The van der Waals surface area contributed by atoms with Crippen molar-refractivity contribution in [2.75, 3.05) is 0 Å². The first kappa shape index (κ1) is 12.1. The standard InChI is InChI=1S/C12H18N2O3/c1-8-10(7-11(15)16)12(17)14(13-8)9-5-3-2-4-6-9/h9-10H,2-7H2,1H3,(H,15,16). The molecule has 94 valence electrons. The highest BCUT2D eigenvalue weighted by molar-refractivity contribution is 6.08. The predicted octanol–water partition coefficient (Wildman–Crippen LogP) is 1.63. The second kappa shape index (κ2) is 4.85. The summed E-state index contributed by atoms with van der Waals surface area (Å²) in [5, 5.41) is 14.6. The lowest BCUT2D eigenvalue weighted by atomic mass is 9.94. The van der Waals surface area contributed by atoms with Gasteiger partial charge in [-0.15, -0.1) is 0 Å². The monoisotopic (exact) mass is 238 g/mol. The van der Waals surface area contributed by atoms with E-state index in [1.807, 2.05) is 0 Å². The summed E-state index contributed by atoms with van der Waals surface area (Å²) in [5.41, 5.74) is 0.642. The van der Waals surface area contributed by atoms with Crippen LogP contribution in [0.1, 0.15) is 45.4 Å². The van der Waals surface area contributed by atoms with Gasteiger partial charge in [0.2, 0.25) is 0 Å². The molecule has 2 aliphatic rings. The van der Waals surface area contributed by atoms with Gasteiger partial charge in [0.15, 0.2) is 0 Å². The Bertz CT molecular complexity index is 359. The van der Waals surface area contributed by atoms with E-state index in [1.54, 1.807) is 11.9 Å². The number of amides is 1. The third-order valence-corrected chi connectivity index (χ3v) is 3.59. The van der Waals surface area contributed by atoms with E-state index >= 15 is 0 Å². The van der Waals surface area contributed by atoms with E-state index in [9.17, 15) is 9.59 Å². The van der Waals surface area contributed by atoms with Crippen LogP contribution in [-0.4, -0.2) is 33.7 Å². The average Bonchev–Trinajstić information content (AvgIpc) is 2.58. The molecule has 5 nitrogen and oxygen atoms in total. The third kappa shape index (κ3) is 2.48. The van der Waals surface area contributed by atoms with Crippen molar-refractivity contribution in [3.63, 3.8) is 0 Å². The van der Waals surface area contributed by atoms with E-state index in [4.69, 9.17) is 5.11 Å². The fourth-order valence-corrected chi connectivity index (χ4v) is 2.62. The Morgan fingerprint density at radius 1 is 1.41 bits per heavy atom. The van der Waals surface area contributed by atoms with Crippen LogP contribution in [-0.2, 0) is 9.59 Å². The summed E-state index contributed by atoms with van der Waals surface area (Å²) in [6, 6.07) is 0.185. The van der Waals surface area contributed by atoms with Gasteiger partial charge in [-0.2, -0.15) is 5.10 Å². The Morgan fingerprint density at radius 3 is 2.65 bits per heavy atom. The first-order chi connectivity index (χ1) is 8.09. The van der Waals surface area contributed by atoms with E-state index in [1.165, 1.54) is 6.42 Å². The van der Waals surface area contributed by atoms with Crippen molar-refractivity contribution >= 4 is 17.6 Å². The molecule has 0 aromatic rings. The molecule has 1 aliphatic heterocycles. The lowest BCUT2D eigenvalue weighted by Crippen LogP contribution is -2.37. The topological polar surface area (TPSA) is 70.0 Å². The number of carboxylic acid groups (broad SMARTS) is 1. The van der Waals surface area contributed by atoms with Gasteiger partial charge in [-0.05, 0) is 19.8 Å². The zero-order valence-corrected chi connectivity index (χ0v) is 10.1. The van der Waals surface area contributed by atoms with Crippen LogP contribution >= 0.6 is 0 Å². The first-order valence-corrected chi connectivity index (χ1v) is 6.19. The van der Waals surface area contributed by atoms with Gasteiger partial charge in [0.25, 0.3) is 5.91 Å². The number of hydrogen-bond acceptors (Lipinski definition) is 3. The minimum absolute atomic E-state index is 0.128. The number of carboxylic acids is 1. The Balaban J connectivity index is 2.06. The summed E-state index contributed by atoms with van der Waals surface area (Å²) in [6.07, 6.45) is 5.32. The van der Waals surface area contributed by atoms with Crippen molar-refractivity contribution in [1.82, 2.24) is 5.01 Å².